The number of ether oxygens (including phenoxy) is 2. The molecule has 0 radical (unpaired) electrons. The average molecular weight is 515 g/mol. The predicted octanol–water partition coefficient (Wildman–Crippen LogP) is 5.28. The largest absolute Gasteiger partial charge is 0.507 e. The van der Waals surface area contributed by atoms with Crippen molar-refractivity contribution in [2.75, 3.05) is 19.1 Å². The zero-order valence-corrected chi connectivity index (χ0v) is 19.9. The predicted molar refractivity (Wildman–Crippen MR) is 128 cm³/mol. The van der Waals surface area contributed by atoms with Crippen molar-refractivity contribution in [3.8, 4) is 11.5 Å². The first-order chi connectivity index (χ1) is 16.8. The van der Waals surface area contributed by atoms with Gasteiger partial charge in [0.2, 0.25) is 0 Å². The molecule has 1 fully saturated rings. The number of benzene rings is 2. The molecule has 5 rings (SSSR count). The van der Waals surface area contributed by atoms with E-state index in [9.17, 15) is 23.5 Å². The Labute approximate surface area is 205 Å². The summed E-state index contributed by atoms with van der Waals surface area (Å²) in [4.78, 5) is 32.5. The maximum atomic E-state index is 13.8. The number of aliphatic hydroxyl groups excluding tert-OH is 1. The van der Waals surface area contributed by atoms with Gasteiger partial charge in [-0.1, -0.05) is 17.4 Å². The fourth-order valence-corrected chi connectivity index (χ4v) is 5.72. The number of thiophene rings is 1. The van der Waals surface area contributed by atoms with Crippen molar-refractivity contribution in [3.63, 3.8) is 0 Å². The van der Waals surface area contributed by atoms with E-state index in [0.717, 1.165) is 28.4 Å². The first kappa shape index (κ1) is 22.9. The van der Waals surface area contributed by atoms with E-state index in [4.69, 9.17) is 9.47 Å². The van der Waals surface area contributed by atoms with Crippen molar-refractivity contribution in [1.82, 2.24) is 4.98 Å². The van der Waals surface area contributed by atoms with Crippen molar-refractivity contribution in [2.24, 2.45) is 0 Å². The number of hydrogen-bond donors (Lipinski definition) is 1. The summed E-state index contributed by atoms with van der Waals surface area (Å²) >= 11 is 2.22. The summed E-state index contributed by atoms with van der Waals surface area (Å²) in [6, 6.07) is 9.05. The Morgan fingerprint density at radius 3 is 2.54 bits per heavy atom. The number of aliphatic hydroxyl groups is 1. The Kier molecular flexibility index (Phi) is 5.73. The number of carbonyl (C=O) groups is 2. The number of thiazole rings is 1. The number of nitrogens with zero attached hydrogens (tertiary/aromatic N) is 2. The number of Topliss-reactive ketones (excluding diaryl/α,β-unsaturated/α-hetero) is 1. The second-order valence-corrected chi connectivity index (χ2v) is 9.47. The van der Waals surface area contributed by atoms with Gasteiger partial charge in [0.1, 0.15) is 23.3 Å². The Bertz CT molecular complexity index is 1470. The zero-order valence-electron chi connectivity index (χ0n) is 18.2. The summed E-state index contributed by atoms with van der Waals surface area (Å²) in [5.41, 5.74) is 0.186. The number of fused-ring (bicyclic) bond motifs is 1. The Balaban J connectivity index is 1.71. The van der Waals surface area contributed by atoms with Crippen LogP contribution in [0.3, 0.4) is 0 Å². The van der Waals surface area contributed by atoms with E-state index < -0.39 is 35.1 Å². The Morgan fingerprint density at radius 2 is 1.86 bits per heavy atom. The van der Waals surface area contributed by atoms with E-state index >= 15 is 0 Å². The third-order valence-electron chi connectivity index (χ3n) is 5.55. The van der Waals surface area contributed by atoms with Crippen molar-refractivity contribution in [1.29, 1.82) is 0 Å². The van der Waals surface area contributed by atoms with Gasteiger partial charge in [-0.2, -0.15) is 0 Å². The number of aromatic nitrogens is 1. The van der Waals surface area contributed by atoms with Gasteiger partial charge in [-0.15, -0.1) is 11.3 Å². The summed E-state index contributed by atoms with van der Waals surface area (Å²) in [7, 11) is 2.88. The van der Waals surface area contributed by atoms with Crippen LogP contribution in [0.1, 0.15) is 16.5 Å². The van der Waals surface area contributed by atoms with Crippen LogP contribution in [-0.2, 0) is 9.59 Å². The van der Waals surface area contributed by atoms with Crippen molar-refractivity contribution in [2.45, 2.75) is 6.04 Å². The lowest BCUT2D eigenvalue weighted by molar-refractivity contribution is -0.132. The van der Waals surface area contributed by atoms with Gasteiger partial charge in [-0.3, -0.25) is 14.5 Å². The average Bonchev–Trinajstić information content (AvgIpc) is 3.57. The molecule has 2 aromatic carbocycles. The van der Waals surface area contributed by atoms with Crippen molar-refractivity contribution in [3.05, 3.63) is 75.5 Å². The van der Waals surface area contributed by atoms with E-state index in [2.05, 4.69) is 4.98 Å². The molecule has 2 aromatic heterocycles. The number of hydrogen-bond acceptors (Lipinski definition) is 8. The van der Waals surface area contributed by atoms with Gasteiger partial charge in [-0.25, -0.2) is 13.8 Å². The van der Waals surface area contributed by atoms with Gasteiger partial charge in [0, 0.05) is 17.0 Å². The summed E-state index contributed by atoms with van der Waals surface area (Å²) in [5.74, 6) is -3.67. The summed E-state index contributed by atoms with van der Waals surface area (Å²) < 4.78 is 38.4. The molecule has 1 saturated heterocycles. The van der Waals surface area contributed by atoms with Gasteiger partial charge in [0.25, 0.3) is 5.78 Å². The third-order valence-corrected chi connectivity index (χ3v) is 7.49. The lowest BCUT2D eigenvalue weighted by Crippen LogP contribution is -2.28. The number of carbonyl (C=O) groups excluding carboxylic acids is 2. The summed E-state index contributed by atoms with van der Waals surface area (Å²) in [5, 5.41) is 13.1. The van der Waals surface area contributed by atoms with E-state index in [0.29, 0.717) is 15.3 Å². The van der Waals surface area contributed by atoms with E-state index in [1.54, 1.807) is 29.6 Å². The molecule has 1 aliphatic heterocycles. The fourth-order valence-electron chi connectivity index (χ4n) is 3.90. The molecule has 0 saturated carbocycles. The van der Waals surface area contributed by atoms with Crippen LogP contribution >= 0.6 is 22.7 Å². The van der Waals surface area contributed by atoms with Gasteiger partial charge in [0.15, 0.2) is 16.8 Å². The maximum Gasteiger partial charge on any atom is 0.301 e. The van der Waals surface area contributed by atoms with Crippen LogP contribution in [0.25, 0.3) is 16.0 Å². The number of ketones is 1. The van der Waals surface area contributed by atoms with Crippen molar-refractivity contribution < 1.29 is 33.0 Å². The van der Waals surface area contributed by atoms with Crippen LogP contribution in [-0.4, -0.2) is 36.0 Å². The zero-order chi connectivity index (χ0) is 24.9. The fraction of sp³-hybridized carbons (Fsp3) is 0.125. The van der Waals surface area contributed by atoms with Crippen LogP contribution in [0, 0.1) is 11.6 Å². The minimum Gasteiger partial charge on any atom is -0.507 e. The molecule has 1 amide bonds. The lowest BCUT2D eigenvalue weighted by Gasteiger charge is -2.21. The van der Waals surface area contributed by atoms with Gasteiger partial charge >= 0.3 is 5.91 Å². The molecule has 35 heavy (non-hydrogen) atoms. The SMILES string of the molecule is COc1ccc(/C(O)=C2\C(=O)C(=O)N(c3nc4cc(F)c(F)cc4s3)C2c2cccs2)c(OC)c1. The monoisotopic (exact) mass is 514 g/mol. The molecule has 1 aliphatic rings. The molecule has 1 atom stereocenters. The van der Waals surface area contributed by atoms with Crippen LogP contribution in [0.2, 0.25) is 0 Å². The number of methoxy groups -OCH3 is 2. The van der Waals surface area contributed by atoms with Crippen LogP contribution < -0.4 is 14.4 Å². The van der Waals surface area contributed by atoms with E-state index in [1.165, 1.54) is 31.6 Å². The maximum absolute atomic E-state index is 13.8. The Hall–Kier alpha value is -3.83. The van der Waals surface area contributed by atoms with E-state index in [1.807, 2.05) is 0 Å². The molecule has 0 aliphatic carbocycles. The molecule has 7 nitrogen and oxygen atoms in total. The van der Waals surface area contributed by atoms with Crippen LogP contribution in [0.5, 0.6) is 11.5 Å². The third kappa shape index (κ3) is 3.72. The molecule has 4 aromatic rings. The highest BCUT2D eigenvalue weighted by Gasteiger charge is 2.49. The molecule has 3 heterocycles. The Morgan fingerprint density at radius 1 is 1.09 bits per heavy atom. The molecular formula is C24H16F2N2O5S2. The number of amides is 1. The van der Waals surface area contributed by atoms with Gasteiger partial charge in [0.05, 0.1) is 35.6 Å². The number of anilines is 1. The number of halogens is 2. The molecule has 1 N–H and O–H groups in total. The highest BCUT2D eigenvalue weighted by atomic mass is 32.1. The topological polar surface area (TPSA) is 89.0 Å². The van der Waals surface area contributed by atoms with E-state index in [-0.39, 0.29) is 27.5 Å². The minimum atomic E-state index is -1.07. The molecule has 0 spiro atoms. The van der Waals surface area contributed by atoms with Crippen LogP contribution in [0.15, 0.2) is 53.4 Å². The lowest BCUT2D eigenvalue weighted by atomic mass is 9.99. The highest BCUT2D eigenvalue weighted by molar-refractivity contribution is 7.22. The summed E-state index contributed by atoms with van der Waals surface area (Å²) in [6.45, 7) is 0. The quantitative estimate of drug-likeness (QED) is 0.222. The number of rotatable bonds is 5. The summed E-state index contributed by atoms with van der Waals surface area (Å²) in [6.07, 6.45) is 0. The second-order valence-electron chi connectivity index (χ2n) is 7.48. The van der Waals surface area contributed by atoms with Crippen molar-refractivity contribution >= 4 is 55.5 Å². The molecule has 0 bridgehead atoms. The normalized spacial score (nSPS) is 17.4. The highest BCUT2D eigenvalue weighted by Crippen LogP contribution is 2.46. The minimum absolute atomic E-state index is 0.0752. The molecule has 178 valence electrons. The first-order valence-corrected chi connectivity index (χ1v) is 11.9. The molecule has 1 unspecified atom stereocenters. The molecular weight excluding hydrogens is 498 g/mol. The first-order valence-electron chi connectivity index (χ1n) is 10.2. The standard InChI is InChI=1S/C24H16F2N2O5S2/c1-32-11-5-6-12(16(8-11)33-2)21(29)19-20(17-4-3-7-34-17)28(23(31)22(19)30)24-27-15-9-13(25)14(26)10-18(15)35-24/h3-10,20,29H,1-2H3/b21-19+. The second kappa shape index (κ2) is 8.75. The van der Waals surface area contributed by atoms with Crippen LogP contribution in [0.4, 0.5) is 13.9 Å². The van der Waals surface area contributed by atoms with Gasteiger partial charge in [-0.05, 0) is 29.6 Å². The smallest absolute Gasteiger partial charge is 0.301 e. The van der Waals surface area contributed by atoms with Gasteiger partial charge < -0.3 is 14.6 Å². The molecule has 11 heteroatoms.